The van der Waals surface area contributed by atoms with E-state index in [9.17, 15) is 13.2 Å². The molecule has 1 aliphatic heterocycles. The van der Waals surface area contributed by atoms with Gasteiger partial charge in [0.05, 0.1) is 18.6 Å². The third-order valence-electron chi connectivity index (χ3n) is 4.22. The molecule has 1 N–H and O–H groups in total. The van der Waals surface area contributed by atoms with Crippen LogP contribution < -0.4 is 19.1 Å². The highest BCUT2D eigenvalue weighted by molar-refractivity contribution is 7.92. The average Bonchev–Trinajstić information content (AvgIpc) is 2.67. The monoisotopic (exact) mass is 390 g/mol. The number of hydrogen-bond donors (Lipinski definition) is 1. The first-order valence-corrected chi connectivity index (χ1v) is 10.3. The molecule has 8 heteroatoms. The Morgan fingerprint density at radius 1 is 1.04 bits per heavy atom. The van der Waals surface area contributed by atoms with Gasteiger partial charge in [-0.3, -0.25) is 9.10 Å². The molecule has 0 saturated carbocycles. The van der Waals surface area contributed by atoms with E-state index in [1.807, 2.05) is 0 Å². The molecule has 0 aliphatic carbocycles. The zero-order valence-corrected chi connectivity index (χ0v) is 15.9. The number of hydrogen-bond acceptors (Lipinski definition) is 5. The molecule has 0 spiro atoms. The van der Waals surface area contributed by atoms with Crippen molar-refractivity contribution in [2.24, 2.45) is 0 Å². The van der Waals surface area contributed by atoms with Crippen LogP contribution in [0.3, 0.4) is 0 Å². The van der Waals surface area contributed by atoms with Crippen LogP contribution >= 0.6 is 0 Å². The Kier molecular flexibility index (Phi) is 5.85. The second-order valence-electron chi connectivity index (χ2n) is 6.15. The normalized spacial score (nSPS) is 15.8. The van der Waals surface area contributed by atoms with Crippen LogP contribution in [0.1, 0.15) is 12.8 Å². The Balaban J connectivity index is 1.55. The third kappa shape index (κ3) is 4.91. The van der Waals surface area contributed by atoms with Crippen molar-refractivity contribution < 1.29 is 22.7 Å². The molecule has 2 aromatic rings. The number of nitrogens with one attached hydrogen (secondary N) is 1. The minimum atomic E-state index is -3.24. The van der Waals surface area contributed by atoms with Crippen LogP contribution in [0.15, 0.2) is 48.5 Å². The van der Waals surface area contributed by atoms with Crippen molar-refractivity contribution >= 4 is 27.3 Å². The Labute approximate surface area is 158 Å². The summed E-state index contributed by atoms with van der Waals surface area (Å²) in [6.07, 6.45) is 1.54. The molecule has 1 amide bonds. The zero-order valence-electron chi connectivity index (χ0n) is 15.1. The van der Waals surface area contributed by atoms with Crippen molar-refractivity contribution in [3.05, 3.63) is 48.5 Å². The summed E-state index contributed by atoms with van der Waals surface area (Å²) in [4.78, 5) is 12.0. The van der Waals surface area contributed by atoms with Crippen molar-refractivity contribution in [2.75, 3.05) is 35.6 Å². The van der Waals surface area contributed by atoms with Crippen molar-refractivity contribution in [3.63, 3.8) is 0 Å². The van der Waals surface area contributed by atoms with Gasteiger partial charge in [-0.05, 0) is 61.4 Å². The summed E-state index contributed by atoms with van der Waals surface area (Å²) in [7, 11) is -1.66. The summed E-state index contributed by atoms with van der Waals surface area (Å²) >= 11 is 0. The van der Waals surface area contributed by atoms with Crippen LogP contribution in [0.5, 0.6) is 11.5 Å². The molecule has 144 valence electrons. The van der Waals surface area contributed by atoms with E-state index in [2.05, 4.69) is 5.32 Å². The predicted molar refractivity (Wildman–Crippen MR) is 104 cm³/mol. The first-order chi connectivity index (χ1) is 13.0. The van der Waals surface area contributed by atoms with Crippen molar-refractivity contribution in [3.8, 4) is 11.5 Å². The minimum absolute atomic E-state index is 0.130. The molecule has 0 bridgehead atoms. The molecule has 1 saturated heterocycles. The standard InChI is InChI=1S/C19H22N2O5S/c1-25-17-8-10-18(11-9-17)26-14-19(22)20-15-4-6-16(7-5-15)21-12-2-3-13-27(21,23)24/h4-11H,2-3,12-14H2,1H3,(H,20,22). The fourth-order valence-corrected chi connectivity index (χ4v) is 4.45. The van der Waals surface area contributed by atoms with Gasteiger partial charge in [0.1, 0.15) is 11.5 Å². The van der Waals surface area contributed by atoms with Gasteiger partial charge in [0.2, 0.25) is 10.0 Å². The molecule has 27 heavy (non-hydrogen) atoms. The summed E-state index contributed by atoms with van der Waals surface area (Å²) in [5.41, 5.74) is 1.19. The van der Waals surface area contributed by atoms with E-state index in [1.54, 1.807) is 55.6 Å². The van der Waals surface area contributed by atoms with Crippen LogP contribution in [0.2, 0.25) is 0 Å². The maximum absolute atomic E-state index is 12.1. The zero-order chi connectivity index (χ0) is 19.3. The molecule has 1 heterocycles. The quantitative estimate of drug-likeness (QED) is 0.820. The topological polar surface area (TPSA) is 84.9 Å². The molecular formula is C19H22N2O5S. The Bertz CT molecular complexity index is 879. The van der Waals surface area contributed by atoms with Gasteiger partial charge in [0.15, 0.2) is 6.61 Å². The average molecular weight is 390 g/mol. The van der Waals surface area contributed by atoms with Gasteiger partial charge in [-0.2, -0.15) is 0 Å². The number of sulfonamides is 1. The van der Waals surface area contributed by atoms with E-state index in [0.29, 0.717) is 35.8 Å². The maximum atomic E-state index is 12.1. The van der Waals surface area contributed by atoms with E-state index in [1.165, 1.54) is 4.31 Å². The lowest BCUT2D eigenvalue weighted by Gasteiger charge is -2.28. The van der Waals surface area contributed by atoms with Crippen LogP contribution in [0, 0.1) is 0 Å². The van der Waals surface area contributed by atoms with Crippen LogP contribution in [-0.2, 0) is 14.8 Å². The number of carbonyl (C=O) groups excluding carboxylic acids is 1. The molecule has 3 rings (SSSR count). The molecule has 0 radical (unpaired) electrons. The summed E-state index contributed by atoms with van der Waals surface area (Å²) in [5.74, 6) is 1.15. The van der Waals surface area contributed by atoms with Gasteiger partial charge in [-0.1, -0.05) is 0 Å². The van der Waals surface area contributed by atoms with Gasteiger partial charge in [-0.25, -0.2) is 8.42 Å². The molecule has 1 aliphatic rings. The largest absolute Gasteiger partial charge is 0.497 e. The number of nitrogens with zero attached hydrogens (tertiary/aromatic N) is 1. The fraction of sp³-hybridized carbons (Fsp3) is 0.316. The second kappa shape index (κ2) is 8.30. The summed E-state index contributed by atoms with van der Waals surface area (Å²) < 4.78 is 36.2. The minimum Gasteiger partial charge on any atom is -0.497 e. The van der Waals surface area contributed by atoms with Crippen LogP contribution in [0.4, 0.5) is 11.4 Å². The van der Waals surface area contributed by atoms with Gasteiger partial charge in [-0.15, -0.1) is 0 Å². The maximum Gasteiger partial charge on any atom is 0.262 e. The number of carbonyl (C=O) groups is 1. The highest BCUT2D eigenvalue weighted by Gasteiger charge is 2.25. The van der Waals surface area contributed by atoms with Gasteiger partial charge >= 0.3 is 0 Å². The number of amides is 1. The molecule has 0 atom stereocenters. The van der Waals surface area contributed by atoms with Crippen molar-refractivity contribution in [2.45, 2.75) is 12.8 Å². The van der Waals surface area contributed by atoms with Crippen molar-refractivity contribution in [1.29, 1.82) is 0 Å². The molecule has 0 unspecified atom stereocenters. The Morgan fingerprint density at radius 2 is 1.70 bits per heavy atom. The van der Waals surface area contributed by atoms with E-state index in [0.717, 1.165) is 6.42 Å². The first-order valence-electron chi connectivity index (χ1n) is 8.65. The number of ether oxygens (including phenoxy) is 2. The molecule has 0 aromatic heterocycles. The first kappa shape index (κ1) is 19.0. The van der Waals surface area contributed by atoms with Gasteiger partial charge in [0.25, 0.3) is 5.91 Å². The van der Waals surface area contributed by atoms with Crippen LogP contribution in [0.25, 0.3) is 0 Å². The Hall–Kier alpha value is -2.74. The summed E-state index contributed by atoms with van der Waals surface area (Å²) in [6, 6.07) is 13.7. The number of rotatable bonds is 6. The van der Waals surface area contributed by atoms with Crippen LogP contribution in [-0.4, -0.2) is 40.3 Å². The number of anilines is 2. The summed E-state index contributed by atoms with van der Waals surface area (Å²) in [6.45, 7) is 0.359. The SMILES string of the molecule is COc1ccc(OCC(=O)Nc2ccc(N3CCCCS3(=O)=O)cc2)cc1. The lowest BCUT2D eigenvalue weighted by atomic mass is 10.2. The predicted octanol–water partition coefficient (Wildman–Crippen LogP) is 2.64. The number of methoxy groups -OCH3 is 1. The third-order valence-corrected chi connectivity index (χ3v) is 6.09. The second-order valence-corrected chi connectivity index (χ2v) is 8.17. The highest BCUT2D eigenvalue weighted by atomic mass is 32.2. The molecular weight excluding hydrogens is 368 g/mol. The smallest absolute Gasteiger partial charge is 0.262 e. The van der Waals surface area contributed by atoms with Crippen molar-refractivity contribution in [1.82, 2.24) is 0 Å². The number of benzene rings is 2. The lowest BCUT2D eigenvalue weighted by molar-refractivity contribution is -0.118. The fourth-order valence-electron chi connectivity index (χ4n) is 2.81. The molecule has 1 fully saturated rings. The molecule has 2 aromatic carbocycles. The van der Waals surface area contributed by atoms with E-state index in [4.69, 9.17) is 9.47 Å². The van der Waals surface area contributed by atoms with Gasteiger partial charge < -0.3 is 14.8 Å². The summed E-state index contributed by atoms with van der Waals surface area (Å²) in [5, 5.41) is 2.73. The highest BCUT2D eigenvalue weighted by Crippen LogP contribution is 2.25. The van der Waals surface area contributed by atoms with Gasteiger partial charge in [0, 0.05) is 12.2 Å². The molecule has 7 nitrogen and oxygen atoms in total. The Morgan fingerprint density at radius 3 is 2.33 bits per heavy atom. The van der Waals surface area contributed by atoms with E-state index < -0.39 is 10.0 Å². The lowest BCUT2D eigenvalue weighted by Crippen LogP contribution is -2.37. The van der Waals surface area contributed by atoms with E-state index >= 15 is 0 Å². The van der Waals surface area contributed by atoms with E-state index in [-0.39, 0.29) is 18.3 Å².